The van der Waals surface area contributed by atoms with E-state index in [1.165, 1.54) is 57.8 Å². The normalized spacial score (nSPS) is 14.0. The Balaban J connectivity index is 3.59. The fourth-order valence-electron chi connectivity index (χ4n) is 2.88. The first-order chi connectivity index (χ1) is 13.3. The van der Waals surface area contributed by atoms with Gasteiger partial charge in [0.15, 0.2) is 6.10 Å². The molecule has 9 heteroatoms. The molecule has 0 saturated heterocycles. The van der Waals surface area contributed by atoms with E-state index in [9.17, 15) is 18.3 Å². The maximum Gasteiger partial charge on any atom is 0.397 e. The van der Waals surface area contributed by atoms with E-state index in [2.05, 4.69) is 15.8 Å². The summed E-state index contributed by atoms with van der Waals surface area (Å²) >= 11 is 0. The number of hydrogen-bond donors (Lipinski definition) is 3. The van der Waals surface area contributed by atoms with Crippen molar-refractivity contribution in [2.45, 2.75) is 109 Å². The minimum atomic E-state index is -4.87. The average Bonchev–Trinajstić information content (AvgIpc) is 2.62. The van der Waals surface area contributed by atoms with Gasteiger partial charge in [-0.3, -0.25) is 9.35 Å². The van der Waals surface area contributed by atoms with E-state index < -0.39 is 35.4 Å². The quantitative estimate of drug-likeness (QED) is 0.124. The first-order valence-electron chi connectivity index (χ1n) is 10.4. The second-order valence-corrected chi connectivity index (χ2v) is 8.17. The lowest BCUT2D eigenvalue weighted by molar-refractivity contribution is -0.187. The molecule has 0 amide bonds. The molecule has 0 aliphatic rings. The molecule has 0 aliphatic heterocycles. The first-order valence-corrected chi connectivity index (χ1v) is 11.8. The van der Waals surface area contributed by atoms with E-state index in [0.29, 0.717) is 6.42 Å². The lowest BCUT2D eigenvalue weighted by Crippen LogP contribution is -2.37. The summed E-state index contributed by atoms with van der Waals surface area (Å²) in [6, 6.07) is 0. The largest absolute Gasteiger partial charge is 0.433 e. The van der Waals surface area contributed by atoms with Gasteiger partial charge < -0.3 is 14.9 Å². The van der Waals surface area contributed by atoms with Crippen molar-refractivity contribution in [3.63, 3.8) is 0 Å². The van der Waals surface area contributed by atoms with Crippen LogP contribution in [0.3, 0.4) is 0 Å². The molecule has 0 aromatic rings. The third-order valence-corrected chi connectivity index (χ3v) is 4.97. The van der Waals surface area contributed by atoms with Crippen LogP contribution < -0.4 is 0 Å². The van der Waals surface area contributed by atoms with Crippen molar-refractivity contribution in [3.05, 3.63) is 0 Å². The van der Waals surface area contributed by atoms with E-state index in [1.54, 1.807) is 0 Å². The molecule has 28 heavy (non-hydrogen) atoms. The molecular formula is C19H38O8S. The Labute approximate surface area is 169 Å². The molecule has 0 rings (SSSR count). The molecule has 168 valence electrons. The highest BCUT2D eigenvalue weighted by Crippen LogP contribution is 2.13. The zero-order valence-electron chi connectivity index (χ0n) is 17.1. The minimum Gasteiger partial charge on any atom is -0.433 e. The van der Waals surface area contributed by atoms with Crippen LogP contribution in [0.4, 0.5) is 0 Å². The van der Waals surface area contributed by atoms with E-state index in [1.807, 2.05) is 0 Å². The van der Waals surface area contributed by atoms with Crippen molar-refractivity contribution >= 4 is 16.4 Å². The summed E-state index contributed by atoms with van der Waals surface area (Å²) in [5, 5.41) is 18.5. The Kier molecular flexibility index (Phi) is 16.7. The highest BCUT2D eigenvalue weighted by molar-refractivity contribution is 7.80. The number of carbonyl (C=O) groups is 1. The van der Waals surface area contributed by atoms with Crippen LogP contribution in [0, 0.1) is 0 Å². The lowest BCUT2D eigenvalue weighted by Gasteiger charge is -2.19. The summed E-state index contributed by atoms with van der Waals surface area (Å²) in [4.78, 5) is 11.6. The predicted octanol–water partition coefficient (Wildman–Crippen LogP) is 3.51. The lowest BCUT2D eigenvalue weighted by atomic mass is 10.0. The number of carbonyl (C=O) groups excluding carboxylic acids is 1. The predicted molar refractivity (Wildman–Crippen MR) is 106 cm³/mol. The monoisotopic (exact) mass is 426 g/mol. The van der Waals surface area contributed by atoms with Crippen molar-refractivity contribution in [2.24, 2.45) is 0 Å². The van der Waals surface area contributed by atoms with E-state index in [-0.39, 0.29) is 6.42 Å². The SMILES string of the molecule is CCCCCCCCCCCCCCCC(=O)OC(O)C(CO)OS(=O)(=O)O. The van der Waals surface area contributed by atoms with Crippen molar-refractivity contribution in [1.29, 1.82) is 0 Å². The van der Waals surface area contributed by atoms with Crippen molar-refractivity contribution in [3.8, 4) is 0 Å². The van der Waals surface area contributed by atoms with Crippen LogP contribution in [-0.2, 0) is 24.1 Å². The Morgan fingerprint density at radius 2 is 1.29 bits per heavy atom. The van der Waals surface area contributed by atoms with Gasteiger partial charge in [0.05, 0.1) is 6.61 Å². The second kappa shape index (κ2) is 17.1. The standard InChI is InChI=1S/C19H38O8S/c1-2-3-4-5-6-7-8-9-10-11-12-13-14-15-18(21)26-19(22)17(16-20)27-28(23,24)25/h17,19-20,22H,2-16H2,1H3,(H,23,24,25). The highest BCUT2D eigenvalue weighted by Gasteiger charge is 2.27. The van der Waals surface area contributed by atoms with Crippen LogP contribution in [0.5, 0.6) is 0 Å². The molecule has 0 radical (unpaired) electrons. The summed E-state index contributed by atoms with van der Waals surface area (Å²) in [6.45, 7) is 1.29. The molecular weight excluding hydrogens is 388 g/mol. The van der Waals surface area contributed by atoms with Crippen LogP contribution in [0.1, 0.15) is 96.8 Å². The third-order valence-electron chi connectivity index (χ3n) is 4.48. The van der Waals surface area contributed by atoms with Gasteiger partial charge in [-0.15, -0.1) is 0 Å². The molecule has 8 nitrogen and oxygen atoms in total. The molecule has 0 saturated carbocycles. The van der Waals surface area contributed by atoms with Crippen molar-refractivity contribution in [2.75, 3.05) is 6.61 Å². The zero-order valence-corrected chi connectivity index (χ0v) is 17.9. The van der Waals surface area contributed by atoms with Gasteiger partial charge in [-0.1, -0.05) is 84.0 Å². The molecule has 0 aromatic carbocycles. The Morgan fingerprint density at radius 1 is 0.857 bits per heavy atom. The molecule has 0 aromatic heterocycles. The molecule has 2 atom stereocenters. The van der Waals surface area contributed by atoms with Gasteiger partial charge in [0, 0.05) is 6.42 Å². The van der Waals surface area contributed by atoms with Crippen LogP contribution in [0.15, 0.2) is 0 Å². The Morgan fingerprint density at radius 3 is 1.68 bits per heavy atom. The van der Waals surface area contributed by atoms with E-state index in [0.717, 1.165) is 19.3 Å². The van der Waals surface area contributed by atoms with Crippen LogP contribution >= 0.6 is 0 Å². The number of unbranched alkanes of at least 4 members (excludes halogenated alkanes) is 12. The summed E-state index contributed by atoms with van der Waals surface area (Å²) in [6.07, 6.45) is 11.7. The van der Waals surface area contributed by atoms with Gasteiger partial charge in [0.25, 0.3) is 0 Å². The van der Waals surface area contributed by atoms with Crippen LogP contribution in [0.25, 0.3) is 0 Å². The number of ether oxygens (including phenoxy) is 1. The van der Waals surface area contributed by atoms with Gasteiger partial charge in [-0.25, -0.2) is 4.18 Å². The average molecular weight is 427 g/mol. The van der Waals surface area contributed by atoms with E-state index in [4.69, 9.17) is 9.66 Å². The number of hydrogen-bond acceptors (Lipinski definition) is 7. The van der Waals surface area contributed by atoms with Gasteiger partial charge >= 0.3 is 16.4 Å². The minimum absolute atomic E-state index is 0.0822. The third kappa shape index (κ3) is 17.4. The summed E-state index contributed by atoms with van der Waals surface area (Å²) in [5.74, 6) is -0.715. The summed E-state index contributed by atoms with van der Waals surface area (Å²) in [5.41, 5.74) is 0. The molecule has 0 fully saturated rings. The Hall–Kier alpha value is -0.740. The van der Waals surface area contributed by atoms with Crippen molar-refractivity contribution in [1.82, 2.24) is 0 Å². The maximum atomic E-state index is 11.6. The summed E-state index contributed by atoms with van der Waals surface area (Å²) < 4.78 is 38.3. The van der Waals surface area contributed by atoms with Gasteiger partial charge in [0.2, 0.25) is 6.29 Å². The second-order valence-electron chi connectivity index (χ2n) is 7.12. The molecule has 2 unspecified atom stereocenters. The number of esters is 1. The topological polar surface area (TPSA) is 130 Å². The number of aliphatic hydroxyl groups is 2. The molecule has 0 bridgehead atoms. The molecule has 0 heterocycles. The number of aliphatic hydroxyl groups excluding tert-OH is 2. The zero-order chi connectivity index (χ0) is 21.3. The summed E-state index contributed by atoms with van der Waals surface area (Å²) in [7, 11) is -4.87. The fraction of sp³-hybridized carbons (Fsp3) is 0.947. The fourth-order valence-corrected chi connectivity index (χ4v) is 3.35. The van der Waals surface area contributed by atoms with Crippen molar-refractivity contribution < 1.29 is 36.9 Å². The van der Waals surface area contributed by atoms with Gasteiger partial charge in [0.1, 0.15) is 0 Å². The van der Waals surface area contributed by atoms with Crippen LogP contribution in [-0.4, -0.2) is 48.2 Å². The Bertz CT molecular complexity index is 480. The molecule has 0 spiro atoms. The molecule has 3 N–H and O–H groups in total. The van der Waals surface area contributed by atoms with Gasteiger partial charge in [-0.2, -0.15) is 8.42 Å². The van der Waals surface area contributed by atoms with Crippen LogP contribution in [0.2, 0.25) is 0 Å². The molecule has 0 aliphatic carbocycles. The maximum absolute atomic E-state index is 11.6. The number of rotatable bonds is 19. The smallest absolute Gasteiger partial charge is 0.397 e. The van der Waals surface area contributed by atoms with Gasteiger partial charge in [-0.05, 0) is 6.42 Å². The van der Waals surface area contributed by atoms with E-state index >= 15 is 0 Å². The first kappa shape index (κ1) is 27.3. The highest BCUT2D eigenvalue weighted by atomic mass is 32.3.